The van der Waals surface area contributed by atoms with Gasteiger partial charge in [-0.15, -0.1) is 0 Å². The van der Waals surface area contributed by atoms with Gasteiger partial charge in [0, 0.05) is 17.8 Å². The van der Waals surface area contributed by atoms with Crippen molar-refractivity contribution in [2.75, 3.05) is 26.0 Å². The average Bonchev–Trinajstić information content (AvgIpc) is 3.07. The summed E-state index contributed by atoms with van der Waals surface area (Å²) in [4.78, 5) is 26.6. The minimum Gasteiger partial charge on any atom is -0.360 e. The summed E-state index contributed by atoms with van der Waals surface area (Å²) in [5.41, 5.74) is 2.90. The molecule has 156 valence electrons. The lowest BCUT2D eigenvalue weighted by Gasteiger charge is -2.11. The number of amides is 2. The minimum absolute atomic E-state index is 0.106. The smallest absolute Gasteiger partial charge is 0.257 e. The van der Waals surface area contributed by atoms with E-state index in [0.29, 0.717) is 39.8 Å². The number of nitrogens with zero attached hydrogens (tertiary/aromatic N) is 2. The van der Waals surface area contributed by atoms with Crippen LogP contribution in [0.1, 0.15) is 21.7 Å². The van der Waals surface area contributed by atoms with E-state index in [1.807, 2.05) is 44.4 Å². The number of nitrogens with one attached hydrogen (secondary N) is 2. The van der Waals surface area contributed by atoms with E-state index in [0.717, 1.165) is 5.56 Å². The van der Waals surface area contributed by atoms with Crippen molar-refractivity contribution < 1.29 is 14.1 Å². The number of hydrogen-bond acceptors (Lipinski definition) is 5. The number of benzene rings is 2. The number of halogens is 1. The molecule has 3 aromatic rings. The number of carbonyl (C=O) groups is 2. The van der Waals surface area contributed by atoms with Crippen LogP contribution in [0.15, 0.2) is 53.1 Å². The van der Waals surface area contributed by atoms with Crippen LogP contribution in [-0.2, 0) is 11.3 Å². The molecule has 2 N–H and O–H groups in total. The monoisotopic (exact) mass is 426 g/mol. The van der Waals surface area contributed by atoms with Gasteiger partial charge < -0.3 is 20.1 Å². The van der Waals surface area contributed by atoms with Crippen molar-refractivity contribution in [1.82, 2.24) is 15.4 Å². The first kappa shape index (κ1) is 21.5. The number of carbonyl (C=O) groups excluding carboxylic acids is 2. The number of likely N-dealkylation sites (N-methyl/N-ethyl adjacent to an activating group) is 1. The van der Waals surface area contributed by atoms with Crippen LogP contribution in [0.5, 0.6) is 0 Å². The maximum absolute atomic E-state index is 12.9. The summed E-state index contributed by atoms with van der Waals surface area (Å²) in [6.07, 6.45) is 0. The molecule has 1 aromatic heterocycles. The molecule has 0 bridgehead atoms. The Morgan fingerprint density at radius 3 is 2.63 bits per heavy atom. The zero-order chi connectivity index (χ0) is 21.7. The van der Waals surface area contributed by atoms with Gasteiger partial charge in [-0.25, -0.2) is 0 Å². The maximum atomic E-state index is 12.9. The van der Waals surface area contributed by atoms with Crippen LogP contribution in [-0.4, -0.2) is 42.5 Å². The Hall–Kier alpha value is -3.16. The molecule has 8 heteroatoms. The van der Waals surface area contributed by atoms with Crippen LogP contribution < -0.4 is 10.6 Å². The summed E-state index contributed by atoms with van der Waals surface area (Å²) < 4.78 is 5.25. The van der Waals surface area contributed by atoms with Crippen LogP contribution in [0.3, 0.4) is 0 Å². The van der Waals surface area contributed by atoms with Crippen LogP contribution >= 0.6 is 11.6 Å². The third kappa shape index (κ3) is 5.25. The molecule has 0 radical (unpaired) electrons. The molecule has 0 fully saturated rings. The highest BCUT2D eigenvalue weighted by Crippen LogP contribution is 2.30. The van der Waals surface area contributed by atoms with E-state index in [4.69, 9.17) is 16.1 Å². The van der Waals surface area contributed by atoms with E-state index in [2.05, 4.69) is 15.8 Å². The Balaban J connectivity index is 1.71. The molecule has 2 amide bonds. The number of aromatic nitrogens is 1. The third-order valence-corrected chi connectivity index (χ3v) is 4.67. The summed E-state index contributed by atoms with van der Waals surface area (Å²) in [6, 6.07) is 14.5. The van der Waals surface area contributed by atoms with Gasteiger partial charge in [-0.1, -0.05) is 47.1 Å². The molecule has 0 saturated carbocycles. The lowest BCUT2D eigenvalue weighted by atomic mass is 10.1. The zero-order valence-corrected chi connectivity index (χ0v) is 17.8. The van der Waals surface area contributed by atoms with E-state index >= 15 is 0 Å². The minimum atomic E-state index is -0.314. The Bertz CT molecular complexity index is 1060. The standard InChI is InChI=1S/C22H23ClN4O3/c1-14-20(21(26-30-14)17-9-4-5-10-18(17)23)22(29)24-12-15-7-6-8-16(11-15)25-19(28)13-27(2)3/h4-11H,12-13H2,1-3H3,(H,24,29)(H,25,28). The SMILES string of the molecule is Cc1onc(-c2ccccc2Cl)c1C(=O)NCc1cccc(NC(=O)CN(C)C)c1. The number of hydrogen-bond donors (Lipinski definition) is 2. The molecule has 0 saturated heterocycles. The van der Waals surface area contributed by atoms with Gasteiger partial charge in [0.25, 0.3) is 5.91 Å². The molecule has 0 spiro atoms. The van der Waals surface area contributed by atoms with Crippen molar-refractivity contribution >= 4 is 29.1 Å². The summed E-state index contributed by atoms with van der Waals surface area (Å²) in [5, 5.41) is 10.2. The Morgan fingerprint density at radius 2 is 1.90 bits per heavy atom. The van der Waals surface area contributed by atoms with Crippen LogP contribution in [0.2, 0.25) is 5.02 Å². The first-order chi connectivity index (χ1) is 14.3. The fraction of sp³-hybridized carbons (Fsp3) is 0.227. The summed E-state index contributed by atoms with van der Waals surface area (Å²) >= 11 is 6.26. The van der Waals surface area contributed by atoms with Gasteiger partial charge in [-0.2, -0.15) is 0 Å². The first-order valence-corrected chi connectivity index (χ1v) is 9.76. The van der Waals surface area contributed by atoms with Gasteiger partial charge in [0.15, 0.2) is 0 Å². The molecule has 0 aliphatic carbocycles. The highest BCUT2D eigenvalue weighted by atomic mass is 35.5. The van der Waals surface area contributed by atoms with Gasteiger partial charge in [0.1, 0.15) is 17.0 Å². The summed E-state index contributed by atoms with van der Waals surface area (Å²) in [5.74, 6) is -0.0106. The molecular weight excluding hydrogens is 404 g/mol. The van der Waals surface area contributed by atoms with Crippen molar-refractivity contribution in [3.63, 3.8) is 0 Å². The molecule has 7 nitrogen and oxygen atoms in total. The van der Waals surface area contributed by atoms with Crippen molar-refractivity contribution in [2.45, 2.75) is 13.5 Å². The summed E-state index contributed by atoms with van der Waals surface area (Å²) in [6.45, 7) is 2.25. The van der Waals surface area contributed by atoms with Gasteiger partial charge in [0.05, 0.1) is 11.6 Å². The lowest BCUT2D eigenvalue weighted by Crippen LogP contribution is -2.27. The van der Waals surface area contributed by atoms with Crippen molar-refractivity contribution in [3.8, 4) is 11.3 Å². The molecule has 30 heavy (non-hydrogen) atoms. The van der Waals surface area contributed by atoms with E-state index in [1.54, 1.807) is 30.0 Å². The number of rotatable bonds is 7. The highest BCUT2D eigenvalue weighted by Gasteiger charge is 2.22. The Kier molecular flexibility index (Phi) is 6.87. The second-order valence-corrected chi connectivity index (χ2v) is 7.52. The summed E-state index contributed by atoms with van der Waals surface area (Å²) in [7, 11) is 3.66. The largest absolute Gasteiger partial charge is 0.360 e. The Labute approximate surface area is 180 Å². The average molecular weight is 427 g/mol. The molecule has 2 aromatic carbocycles. The molecule has 1 heterocycles. The second-order valence-electron chi connectivity index (χ2n) is 7.11. The fourth-order valence-electron chi connectivity index (χ4n) is 2.99. The topological polar surface area (TPSA) is 87.5 Å². The van der Waals surface area contributed by atoms with Gasteiger partial charge >= 0.3 is 0 Å². The van der Waals surface area contributed by atoms with Crippen molar-refractivity contribution in [1.29, 1.82) is 0 Å². The van der Waals surface area contributed by atoms with Gasteiger partial charge in [-0.3, -0.25) is 9.59 Å². The van der Waals surface area contributed by atoms with Crippen molar-refractivity contribution in [2.24, 2.45) is 0 Å². The first-order valence-electron chi connectivity index (χ1n) is 9.38. The van der Waals surface area contributed by atoms with Crippen LogP contribution in [0.25, 0.3) is 11.3 Å². The third-order valence-electron chi connectivity index (χ3n) is 4.34. The Morgan fingerprint density at radius 1 is 1.13 bits per heavy atom. The number of aryl methyl sites for hydroxylation is 1. The predicted octanol–water partition coefficient (Wildman–Crippen LogP) is 3.73. The van der Waals surface area contributed by atoms with Gasteiger partial charge in [-0.05, 0) is 44.8 Å². The quantitative estimate of drug-likeness (QED) is 0.601. The molecular formula is C22H23ClN4O3. The van der Waals surface area contributed by atoms with Crippen LogP contribution in [0.4, 0.5) is 5.69 Å². The van der Waals surface area contributed by atoms with E-state index in [9.17, 15) is 9.59 Å². The molecule has 0 aliphatic rings. The fourth-order valence-corrected chi connectivity index (χ4v) is 3.22. The van der Waals surface area contributed by atoms with Crippen molar-refractivity contribution in [3.05, 3.63) is 70.4 Å². The lowest BCUT2D eigenvalue weighted by molar-refractivity contribution is -0.116. The highest BCUT2D eigenvalue weighted by molar-refractivity contribution is 6.33. The second kappa shape index (κ2) is 9.56. The normalized spacial score (nSPS) is 10.8. The van der Waals surface area contributed by atoms with Gasteiger partial charge in [0.2, 0.25) is 5.91 Å². The number of anilines is 1. The maximum Gasteiger partial charge on any atom is 0.257 e. The predicted molar refractivity (Wildman–Crippen MR) is 116 cm³/mol. The molecule has 0 unspecified atom stereocenters. The van der Waals surface area contributed by atoms with E-state index in [1.165, 1.54) is 0 Å². The van der Waals surface area contributed by atoms with E-state index < -0.39 is 0 Å². The van der Waals surface area contributed by atoms with E-state index in [-0.39, 0.29) is 18.4 Å². The molecule has 0 aliphatic heterocycles. The zero-order valence-electron chi connectivity index (χ0n) is 17.0. The molecule has 0 atom stereocenters. The van der Waals surface area contributed by atoms with Crippen LogP contribution in [0, 0.1) is 6.92 Å². The molecule has 3 rings (SSSR count).